The number of hydrogen-bond acceptors (Lipinski definition) is 4. The highest BCUT2D eigenvalue weighted by Crippen LogP contribution is 2.38. The van der Waals surface area contributed by atoms with Crippen LogP contribution in [0.15, 0.2) is 6.33 Å². The van der Waals surface area contributed by atoms with Crippen molar-refractivity contribution >= 4 is 11.9 Å². The molecular weight excluding hydrogens is 272 g/mol. The monoisotopic (exact) mass is 294 g/mol. The van der Waals surface area contributed by atoms with Crippen LogP contribution in [-0.2, 0) is 23.2 Å². The van der Waals surface area contributed by atoms with Crippen molar-refractivity contribution in [1.82, 2.24) is 20.1 Å². The van der Waals surface area contributed by atoms with Crippen molar-refractivity contribution in [2.24, 2.45) is 12.5 Å². The molecule has 1 amide bonds. The molecule has 7 heteroatoms. The molecule has 1 heterocycles. The van der Waals surface area contributed by atoms with Crippen LogP contribution >= 0.6 is 0 Å². The Kier molecular flexibility index (Phi) is 4.93. The Balaban J connectivity index is 1.95. The second-order valence-corrected chi connectivity index (χ2v) is 5.81. The van der Waals surface area contributed by atoms with Gasteiger partial charge in [-0.3, -0.25) is 9.59 Å². The Morgan fingerprint density at radius 3 is 2.52 bits per heavy atom. The molecule has 0 unspecified atom stereocenters. The summed E-state index contributed by atoms with van der Waals surface area (Å²) in [6.07, 6.45) is 6.63. The van der Waals surface area contributed by atoms with Gasteiger partial charge in [0.05, 0.1) is 12.0 Å². The van der Waals surface area contributed by atoms with E-state index in [2.05, 4.69) is 15.5 Å². The van der Waals surface area contributed by atoms with Gasteiger partial charge >= 0.3 is 5.97 Å². The third-order valence-corrected chi connectivity index (χ3v) is 4.26. The fourth-order valence-corrected chi connectivity index (χ4v) is 2.89. The Labute approximate surface area is 123 Å². The van der Waals surface area contributed by atoms with Crippen LogP contribution in [-0.4, -0.2) is 31.7 Å². The maximum Gasteiger partial charge on any atom is 0.310 e. The molecule has 0 atom stereocenters. The predicted octanol–water partition coefficient (Wildman–Crippen LogP) is 1.25. The number of carboxylic acid groups (broad SMARTS) is 1. The highest BCUT2D eigenvalue weighted by atomic mass is 16.4. The minimum absolute atomic E-state index is 0.0418. The number of hydrogen-bond donors (Lipinski definition) is 2. The Hall–Kier alpha value is -1.92. The molecule has 0 aliphatic heterocycles. The van der Waals surface area contributed by atoms with E-state index < -0.39 is 11.4 Å². The molecule has 2 N–H and O–H groups in total. The number of carbonyl (C=O) groups is 2. The summed E-state index contributed by atoms with van der Waals surface area (Å²) in [5.74, 6) is -0.436. The lowest BCUT2D eigenvalue weighted by Crippen LogP contribution is -2.37. The summed E-state index contributed by atoms with van der Waals surface area (Å²) in [7, 11) is 1.80. The number of nitrogens with zero attached hydrogens (tertiary/aromatic N) is 3. The maximum atomic E-state index is 12.1. The average Bonchev–Trinajstić information content (AvgIpc) is 2.70. The smallest absolute Gasteiger partial charge is 0.310 e. The molecular formula is C14H22N4O3. The number of rotatable bonds is 5. The van der Waals surface area contributed by atoms with E-state index in [1.807, 2.05) is 0 Å². The minimum atomic E-state index is -0.902. The zero-order valence-corrected chi connectivity index (χ0v) is 12.3. The minimum Gasteiger partial charge on any atom is -0.481 e. The van der Waals surface area contributed by atoms with Crippen LogP contribution in [0.4, 0.5) is 0 Å². The lowest BCUT2D eigenvalue weighted by Gasteiger charge is -2.27. The lowest BCUT2D eigenvalue weighted by molar-refractivity contribution is -0.152. The summed E-state index contributed by atoms with van der Waals surface area (Å²) in [5, 5.41) is 19.9. The molecule has 1 aliphatic carbocycles. The molecule has 21 heavy (non-hydrogen) atoms. The molecule has 7 nitrogen and oxygen atoms in total. The quantitative estimate of drug-likeness (QED) is 0.796. The van der Waals surface area contributed by atoms with Gasteiger partial charge in [0, 0.05) is 13.5 Å². The average molecular weight is 294 g/mol. The zero-order valence-electron chi connectivity index (χ0n) is 12.3. The van der Waals surface area contributed by atoms with E-state index >= 15 is 0 Å². The van der Waals surface area contributed by atoms with Gasteiger partial charge in [0.25, 0.3) is 0 Å². The molecule has 1 fully saturated rings. The number of aryl methyl sites for hydroxylation is 1. The van der Waals surface area contributed by atoms with Crippen LogP contribution in [0.1, 0.15) is 50.8 Å². The molecule has 0 aromatic carbocycles. The molecule has 1 saturated carbocycles. The van der Waals surface area contributed by atoms with Crippen molar-refractivity contribution in [3.05, 3.63) is 12.2 Å². The topological polar surface area (TPSA) is 97.1 Å². The standard InChI is InChI=1S/C14H22N4O3/c1-18-10-16-17-11(18)9-15-12(19)8-14(13(20)21)6-4-2-3-5-7-14/h10H,2-9H2,1H3,(H,15,19)(H,20,21). The summed E-state index contributed by atoms with van der Waals surface area (Å²) in [4.78, 5) is 23.8. The first-order valence-electron chi connectivity index (χ1n) is 7.36. The van der Waals surface area contributed by atoms with Crippen LogP contribution in [0.2, 0.25) is 0 Å². The molecule has 0 saturated heterocycles. The third kappa shape index (κ3) is 3.80. The largest absolute Gasteiger partial charge is 0.481 e. The van der Waals surface area contributed by atoms with Crippen LogP contribution in [0.25, 0.3) is 0 Å². The van der Waals surface area contributed by atoms with Gasteiger partial charge in [0.2, 0.25) is 5.91 Å². The van der Waals surface area contributed by atoms with Gasteiger partial charge < -0.3 is 15.0 Å². The Bertz CT molecular complexity index is 504. The first-order valence-corrected chi connectivity index (χ1v) is 7.36. The zero-order chi connectivity index (χ0) is 15.3. The van der Waals surface area contributed by atoms with Crippen molar-refractivity contribution < 1.29 is 14.7 Å². The van der Waals surface area contributed by atoms with Crippen molar-refractivity contribution in [2.45, 2.75) is 51.5 Å². The van der Waals surface area contributed by atoms with Gasteiger partial charge in [-0.05, 0) is 12.8 Å². The fourth-order valence-electron chi connectivity index (χ4n) is 2.89. The first kappa shape index (κ1) is 15.5. The Morgan fingerprint density at radius 2 is 2.00 bits per heavy atom. The molecule has 0 radical (unpaired) electrons. The summed E-state index contributed by atoms with van der Waals surface area (Å²) in [6, 6.07) is 0. The van der Waals surface area contributed by atoms with Crippen molar-refractivity contribution in [2.75, 3.05) is 0 Å². The van der Waals surface area contributed by atoms with E-state index in [1.54, 1.807) is 17.9 Å². The van der Waals surface area contributed by atoms with Crippen LogP contribution in [0, 0.1) is 5.41 Å². The fraction of sp³-hybridized carbons (Fsp3) is 0.714. The van der Waals surface area contributed by atoms with Gasteiger partial charge in [-0.15, -0.1) is 10.2 Å². The molecule has 1 aromatic rings. The number of carbonyl (C=O) groups excluding carboxylic acids is 1. The van der Waals surface area contributed by atoms with Gasteiger partial charge in [-0.25, -0.2) is 0 Å². The van der Waals surface area contributed by atoms with Crippen molar-refractivity contribution in [3.8, 4) is 0 Å². The summed E-state index contributed by atoms with van der Waals surface area (Å²) >= 11 is 0. The molecule has 1 aliphatic rings. The van der Waals surface area contributed by atoms with Crippen molar-refractivity contribution in [3.63, 3.8) is 0 Å². The normalized spacial score (nSPS) is 18.0. The van der Waals surface area contributed by atoms with E-state index in [4.69, 9.17) is 0 Å². The lowest BCUT2D eigenvalue weighted by atomic mass is 9.77. The molecule has 1 aromatic heterocycles. The first-order chi connectivity index (χ1) is 10.0. The van der Waals surface area contributed by atoms with E-state index in [0.717, 1.165) is 25.7 Å². The number of carboxylic acids is 1. The van der Waals surface area contributed by atoms with Crippen molar-refractivity contribution in [1.29, 1.82) is 0 Å². The van der Waals surface area contributed by atoms with E-state index in [0.29, 0.717) is 18.7 Å². The second kappa shape index (κ2) is 6.69. The summed E-state index contributed by atoms with van der Waals surface area (Å²) in [5.41, 5.74) is -0.902. The third-order valence-electron chi connectivity index (χ3n) is 4.26. The Morgan fingerprint density at radius 1 is 1.33 bits per heavy atom. The van der Waals surface area contributed by atoms with Crippen LogP contribution < -0.4 is 5.32 Å². The van der Waals surface area contributed by atoms with Crippen LogP contribution in [0.5, 0.6) is 0 Å². The highest BCUT2D eigenvalue weighted by Gasteiger charge is 2.40. The van der Waals surface area contributed by atoms with Gasteiger partial charge in [0.15, 0.2) is 5.82 Å². The number of aromatic nitrogens is 3. The summed E-state index contributed by atoms with van der Waals surface area (Å²) < 4.78 is 1.72. The van der Waals surface area contributed by atoms with E-state index in [-0.39, 0.29) is 18.9 Å². The second-order valence-electron chi connectivity index (χ2n) is 5.81. The van der Waals surface area contributed by atoms with Crippen LogP contribution in [0.3, 0.4) is 0 Å². The molecule has 0 bridgehead atoms. The SMILES string of the molecule is Cn1cnnc1CNC(=O)CC1(C(=O)O)CCCCCC1. The molecule has 0 spiro atoms. The van der Waals surface area contributed by atoms with E-state index in [9.17, 15) is 14.7 Å². The van der Waals surface area contributed by atoms with Gasteiger partial charge in [-0.1, -0.05) is 25.7 Å². The number of aliphatic carboxylic acids is 1. The van der Waals surface area contributed by atoms with E-state index in [1.165, 1.54) is 0 Å². The number of amides is 1. The highest BCUT2D eigenvalue weighted by molar-refractivity contribution is 5.84. The van der Waals surface area contributed by atoms with Gasteiger partial charge in [0.1, 0.15) is 6.33 Å². The van der Waals surface area contributed by atoms with Gasteiger partial charge in [-0.2, -0.15) is 0 Å². The molecule has 2 rings (SSSR count). The number of nitrogens with one attached hydrogen (secondary N) is 1. The molecule has 116 valence electrons. The predicted molar refractivity (Wildman–Crippen MR) is 75.2 cm³/mol. The summed E-state index contributed by atoms with van der Waals surface area (Å²) in [6.45, 7) is 0.269. The maximum absolute atomic E-state index is 12.1.